The Balaban J connectivity index is 1.55. The summed E-state index contributed by atoms with van der Waals surface area (Å²) >= 11 is 1.74. The third kappa shape index (κ3) is 2.91. The zero-order valence-electron chi connectivity index (χ0n) is 14.0. The number of likely N-dealkylation sites (tertiary alicyclic amines) is 1. The van der Waals surface area contributed by atoms with Crippen molar-refractivity contribution in [2.45, 2.75) is 45.2 Å². The highest BCUT2D eigenvalue weighted by molar-refractivity contribution is 7.13. The molecule has 126 valence electrons. The van der Waals surface area contributed by atoms with Gasteiger partial charge in [0, 0.05) is 24.1 Å². The average Bonchev–Trinajstić information content (AvgIpc) is 3.35. The number of hydrogen-bond donors (Lipinski definition) is 1. The quantitative estimate of drug-likeness (QED) is 0.737. The second-order valence-corrected chi connectivity index (χ2v) is 7.63. The molecular formula is C18H22N4OS. The van der Waals surface area contributed by atoms with Crippen molar-refractivity contribution in [3.05, 3.63) is 46.8 Å². The predicted molar refractivity (Wildman–Crippen MR) is 94.9 cm³/mol. The second-order valence-electron chi connectivity index (χ2n) is 6.68. The van der Waals surface area contributed by atoms with Gasteiger partial charge in [0.1, 0.15) is 11.5 Å². The first-order valence-corrected chi connectivity index (χ1v) is 9.37. The molecule has 0 aliphatic carbocycles. The minimum Gasteiger partial charge on any atom is -0.361 e. The number of nitrogens with one attached hydrogen (secondary N) is 1. The number of aromatic amines is 1. The van der Waals surface area contributed by atoms with E-state index in [-0.39, 0.29) is 0 Å². The van der Waals surface area contributed by atoms with E-state index in [0.29, 0.717) is 12.0 Å². The predicted octanol–water partition coefficient (Wildman–Crippen LogP) is 4.59. The van der Waals surface area contributed by atoms with Crippen LogP contribution in [0.25, 0.3) is 10.6 Å². The average molecular weight is 342 g/mol. The number of hydrogen-bond acceptors (Lipinski definition) is 5. The summed E-state index contributed by atoms with van der Waals surface area (Å²) in [7, 11) is 0. The minimum absolute atomic E-state index is 0.340. The van der Waals surface area contributed by atoms with Gasteiger partial charge in [0.15, 0.2) is 0 Å². The molecule has 4 heterocycles. The van der Waals surface area contributed by atoms with Crippen LogP contribution in [-0.4, -0.2) is 26.8 Å². The Bertz CT molecular complexity index is 790. The number of H-pyrrole nitrogens is 1. The van der Waals surface area contributed by atoms with Crippen molar-refractivity contribution in [2.24, 2.45) is 0 Å². The topological polar surface area (TPSA) is 58.0 Å². The molecule has 3 aromatic rings. The van der Waals surface area contributed by atoms with E-state index in [2.05, 4.69) is 57.7 Å². The Kier molecular flexibility index (Phi) is 4.24. The van der Waals surface area contributed by atoms with Crippen LogP contribution >= 0.6 is 11.3 Å². The van der Waals surface area contributed by atoms with Gasteiger partial charge >= 0.3 is 0 Å². The van der Waals surface area contributed by atoms with E-state index in [1.165, 1.54) is 16.9 Å². The highest BCUT2D eigenvalue weighted by Gasteiger charge is 2.30. The third-order valence-corrected chi connectivity index (χ3v) is 5.57. The normalized spacial score (nSPS) is 18.7. The van der Waals surface area contributed by atoms with Crippen LogP contribution < -0.4 is 0 Å². The summed E-state index contributed by atoms with van der Waals surface area (Å²) in [6.45, 7) is 6.24. The van der Waals surface area contributed by atoms with Crippen LogP contribution in [-0.2, 0) is 6.54 Å². The molecule has 4 rings (SSSR count). The Morgan fingerprint density at radius 1 is 1.46 bits per heavy atom. The van der Waals surface area contributed by atoms with Crippen molar-refractivity contribution in [2.75, 3.05) is 6.54 Å². The van der Waals surface area contributed by atoms with E-state index in [9.17, 15) is 0 Å². The monoisotopic (exact) mass is 342 g/mol. The first-order chi connectivity index (χ1) is 11.7. The van der Waals surface area contributed by atoms with Crippen molar-refractivity contribution < 1.29 is 4.52 Å². The standard InChI is InChI=1S/C18H22N4OS/c1-12(2)16-9-14(21-23-16)15-5-3-7-22(15)11-13-10-19-20-18(13)17-6-4-8-24-17/h4,6,8-10,12,15H,3,5,7,11H2,1-2H3,(H,19,20)/t15-/m0/s1. The fourth-order valence-electron chi connectivity index (χ4n) is 3.37. The molecule has 0 spiro atoms. The van der Waals surface area contributed by atoms with Gasteiger partial charge in [-0.15, -0.1) is 11.3 Å². The zero-order valence-corrected chi connectivity index (χ0v) is 14.8. The van der Waals surface area contributed by atoms with Crippen molar-refractivity contribution in [3.63, 3.8) is 0 Å². The number of rotatable bonds is 5. The summed E-state index contributed by atoms with van der Waals surface area (Å²) < 4.78 is 5.51. The second kappa shape index (κ2) is 6.53. The largest absolute Gasteiger partial charge is 0.361 e. The molecular weight excluding hydrogens is 320 g/mol. The fraction of sp³-hybridized carbons (Fsp3) is 0.444. The molecule has 0 radical (unpaired) electrons. The van der Waals surface area contributed by atoms with Crippen molar-refractivity contribution in [1.29, 1.82) is 0 Å². The van der Waals surface area contributed by atoms with Crippen LogP contribution in [0.15, 0.2) is 34.3 Å². The fourth-order valence-corrected chi connectivity index (χ4v) is 4.12. The molecule has 0 saturated carbocycles. The van der Waals surface area contributed by atoms with Gasteiger partial charge in [-0.3, -0.25) is 10.00 Å². The Labute approximate surface area is 145 Å². The molecule has 1 saturated heterocycles. The van der Waals surface area contributed by atoms with Crippen LogP contribution in [0.2, 0.25) is 0 Å². The van der Waals surface area contributed by atoms with E-state index in [1.54, 1.807) is 11.3 Å². The summed E-state index contributed by atoms with van der Waals surface area (Å²) in [6, 6.07) is 6.68. The molecule has 0 bridgehead atoms. The van der Waals surface area contributed by atoms with Crippen molar-refractivity contribution >= 4 is 11.3 Å². The van der Waals surface area contributed by atoms with Crippen LogP contribution in [0.1, 0.15) is 55.7 Å². The Hall–Kier alpha value is -1.92. The first-order valence-electron chi connectivity index (χ1n) is 8.49. The molecule has 6 heteroatoms. The molecule has 1 fully saturated rings. The maximum absolute atomic E-state index is 5.51. The summed E-state index contributed by atoms with van der Waals surface area (Å²) in [4.78, 5) is 3.73. The van der Waals surface area contributed by atoms with E-state index in [1.807, 2.05) is 6.20 Å². The lowest BCUT2D eigenvalue weighted by atomic mass is 10.1. The van der Waals surface area contributed by atoms with E-state index < -0.39 is 0 Å². The summed E-state index contributed by atoms with van der Waals surface area (Å²) in [5.41, 5.74) is 3.45. The highest BCUT2D eigenvalue weighted by atomic mass is 32.1. The van der Waals surface area contributed by atoms with Crippen LogP contribution in [0, 0.1) is 0 Å². The smallest absolute Gasteiger partial charge is 0.139 e. The van der Waals surface area contributed by atoms with Gasteiger partial charge < -0.3 is 4.52 Å². The lowest BCUT2D eigenvalue weighted by molar-refractivity contribution is 0.236. The van der Waals surface area contributed by atoms with Gasteiger partial charge in [-0.2, -0.15) is 5.10 Å². The van der Waals surface area contributed by atoms with E-state index >= 15 is 0 Å². The molecule has 1 aliphatic heterocycles. The van der Waals surface area contributed by atoms with E-state index in [0.717, 1.165) is 36.7 Å². The summed E-state index contributed by atoms with van der Waals surface area (Å²) in [6.07, 6.45) is 4.28. The molecule has 1 aliphatic rings. The van der Waals surface area contributed by atoms with E-state index in [4.69, 9.17) is 4.52 Å². The van der Waals surface area contributed by atoms with Crippen LogP contribution in [0.3, 0.4) is 0 Å². The molecule has 0 unspecified atom stereocenters. The van der Waals surface area contributed by atoms with Gasteiger partial charge in [0.2, 0.25) is 0 Å². The molecule has 0 aromatic carbocycles. The van der Waals surface area contributed by atoms with Crippen LogP contribution in [0.4, 0.5) is 0 Å². The molecule has 24 heavy (non-hydrogen) atoms. The van der Waals surface area contributed by atoms with Gasteiger partial charge in [0.25, 0.3) is 0 Å². The first kappa shape index (κ1) is 15.6. The third-order valence-electron chi connectivity index (χ3n) is 4.68. The molecule has 0 amide bonds. The Morgan fingerprint density at radius 2 is 2.38 bits per heavy atom. The summed E-state index contributed by atoms with van der Waals surface area (Å²) in [5.74, 6) is 1.35. The van der Waals surface area contributed by atoms with Gasteiger partial charge in [0.05, 0.1) is 22.8 Å². The van der Waals surface area contributed by atoms with Crippen LogP contribution in [0.5, 0.6) is 0 Å². The number of nitrogens with zero attached hydrogens (tertiary/aromatic N) is 3. The highest BCUT2D eigenvalue weighted by Crippen LogP contribution is 2.35. The lowest BCUT2D eigenvalue weighted by Crippen LogP contribution is -2.23. The maximum Gasteiger partial charge on any atom is 0.139 e. The molecule has 5 nitrogen and oxygen atoms in total. The van der Waals surface area contributed by atoms with Gasteiger partial charge in [-0.1, -0.05) is 25.1 Å². The molecule has 3 aromatic heterocycles. The molecule has 1 N–H and O–H groups in total. The maximum atomic E-state index is 5.51. The van der Waals surface area contributed by atoms with Gasteiger partial charge in [-0.25, -0.2) is 0 Å². The van der Waals surface area contributed by atoms with Crippen molar-refractivity contribution in [3.8, 4) is 10.6 Å². The Morgan fingerprint density at radius 3 is 3.12 bits per heavy atom. The molecule has 1 atom stereocenters. The SMILES string of the molecule is CC(C)c1cc([C@@H]2CCCN2Cc2cn[nH]c2-c2cccs2)no1. The zero-order chi connectivity index (χ0) is 16.5. The number of aromatic nitrogens is 3. The van der Waals surface area contributed by atoms with Gasteiger partial charge in [-0.05, 0) is 30.8 Å². The summed E-state index contributed by atoms with van der Waals surface area (Å²) in [5, 5.41) is 13.9. The van der Waals surface area contributed by atoms with Crippen molar-refractivity contribution in [1.82, 2.24) is 20.3 Å². The number of thiophene rings is 1. The minimum atomic E-state index is 0.340. The lowest BCUT2D eigenvalue weighted by Gasteiger charge is -2.22.